The van der Waals surface area contributed by atoms with Gasteiger partial charge >= 0.3 is 0 Å². The number of rotatable bonds is 4. The summed E-state index contributed by atoms with van der Waals surface area (Å²) in [5.74, 6) is 0.742. The quantitative estimate of drug-likeness (QED) is 0.724. The fourth-order valence-corrected chi connectivity index (χ4v) is 2.24. The molecule has 0 unspecified atom stereocenters. The van der Waals surface area contributed by atoms with Crippen LogP contribution in [0.3, 0.4) is 0 Å². The predicted octanol–water partition coefficient (Wildman–Crippen LogP) is 3.00. The minimum Gasteiger partial charge on any atom is -0.497 e. The zero-order chi connectivity index (χ0) is 16.9. The van der Waals surface area contributed by atoms with Crippen LogP contribution in [0.4, 0.5) is 5.69 Å². The van der Waals surface area contributed by atoms with Gasteiger partial charge in [0, 0.05) is 11.8 Å². The van der Waals surface area contributed by atoms with Crippen LogP contribution in [0.5, 0.6) is 5.75 Å². The molecule has 3 aromatic rings. The van der Waals surface area contributed by atoms with E-state index >= 15 is 0 Å². The van der Waals surface area contributed by atoms with Gasteiger partial charge in [-0.2, -0.15) is 5.26 Å². The summed E-state index contributed by atoms with van der Waals surface area (Å²) in [5, 5.41) is 14.3. The lowest BCUT2D eigenvalue weighted by molar-refractivity contribution is 0.415. The number of ether oxygens (including phenoxy) is 1. The number of hydrogen-bond donors (Lipinski definition) is 2. The van der Waals surface area contributed by atoms with Crippen molar-refractivity contribution in [1.29, 1.82) is 5.26 Å². The summed E-state index contributed by atoms with van der Waals surface area (Å²) in [5.41, 5.74) is 2.86. The second kappa shape index (κ2) is 6.67. The van der Waals surface area contributed by atoms with Crippen molar-refractivity contribution in [3.8, 4) is 23.1 Å². The minimum atomic E-state index is -0.258. The highest BCUT2D eigenvalue weighted by atomic mass is 16.5. The SMILES string of the molecule is COc1ccc(N=Cc2c(-c3ccc(C#N)cc3)[nH][nH]c2=O)cc1. The molecule has 2 aromatic carbocycles. The average molecular weight is 318 g/mol. The molecule has 1 heterocycles. The van der Waals surface area contributed by atoms with Crippen molar-refractivity contribution in [3.63, 3.8) is 0 Å². The van der Waals surface area contributed by atoms with Crippen LogP contribution in [0.15, 0.2) is 58.3 Å². The molecule has 6 nitrogen and oxygen atoms in total. The van der Waals surface area contributed by atoms with E-state index in [0.717, 1.165) is 11.3 Å². The first-order valence-corrected chi connectivity index (χ1v) is 7.20. The van der Waals surface area contributed by atoms with Crippen LogP contribution < -0.4 is 10.3 Å². The van der Waals surface area contributed by atoms with Gasteiger partial charge in [0.15, 0.2) is 0 Å². The number of hydrogen-bond acceptors (Lipinski definition) is 4. The number of nitrogens with one attached hydrogen (secondary N) is 2. The number of nitriles is 1. The number of aliphatic imine (C=N–C) groups is 1. The highest BCUT2D eigenvalue weighted by Gasteiger charge is 2.10. The summed E-state index contributed by atoms with van der Waals surface area (Å²) in [6.07, 6.45) is 1.52. The number of aromatic amines is 2. The van der Waals surface area contributed by atoms with Crippen molar-refractivity contribution < 1.29 is 4.74 Å². The second-order valence-corrected chi connectivity index (χ2v) is 5.01. The fourth-order valence-electron chi connectivity index (χ4n) is 2.24. The van der Waals surface area contributed by atoms with Gasteiger partial charge in [0.25, 0.3) is 5.56 Å². The molecular weight excluding hydrogens is 304 g/mol. The van der Waals surface area contributed by atoms with Gasteiger partial charge in [0.1, 0.15) is 5.75 Å². The van der Waals surface area contributed by atoms with Crippen LogP contribution in [0.25, 0.3) is 11.3 Å². The molecule has 0 atom stereocenters. The van der Waals surface area contributed by atoms with Crippen LogP contribution in [-0.2, 0) is 0 Å². The molecule has 0 saturated carbocycles. The van der Waals surface area contributed by atoms with Crippen LogP contribution in [0, 0.1) is 11.3 Å². The van der Waals surface area contributed by atoms with Gasteiger partial charge in [-0.05, 0) is 36.4 Å². The molecule has 0 aliphatic rings. The third-order valence-corrected chi connectivity index (χ3v) is 3.53. The van der Waals surface area contributed by atoms with Crippen LogP contribution in [0.1, 0.15) is 11.1 Å². The monoisotopic (exact) mass is 318 g/mol. The Morgan fingerprint density at radius 2 is 1.79 bits per heavy atom. The lowest BCUT2D eigenvalue weighted by Crippen LogP contribution is -2.05. The third-order valence-electron chi connectivity index (χ3n) is 3.53. The number of benzene rings is 2. The lowest BCUT2D eigenvalue weighted by atomic mass is 10.1. The smallest absolute Gasteiger partial charge is 0.273 e. The summed E-state index contributed by atoms with van der Waals surface area (Å²) in [7, 11) is 1.60. The van der Waals surface area contributed by atoms with Gasteiger partial charge in [-0.1, -0.05) is 12.1 Å². The number of methoxy groups -OCH3 is 1. The molecule has 3 rings (SSSR count). The lowest BCUT2D eigenvalue weighted by Gasteiger charge is -2.00. The Bertz CT molecular complexity index is 958. The van der Waals surface area contributed by atoms with Gasteiger partial charge in [0.2, 0.25) is 0 Å². The van der Waals surface area contributed by atoms with E-state index in [1.807, 2.05) is 0 Å². The highest BCUT2D eigenvalue weighted by Crippen LogP contribution is 2.20. The molecule has 0 bridgehead atoms. The van der Waals surface area contributed by atoms with E-state index in [1.54, 1.807) is 55.6 Å². The topological polar surface area (TPSA) is 94.0 Å². The molecular formula is C18H14N4O2. The zero-order valence-corrected chi connectivity index (χ0v) is 12.9. The van der Waals surface area contributed by atoms with Crippen molar-refractivity contribution in [2.75, 3.05) is 7.11 Å². The zero-order valence-electron chi connectivity index (χ0n) is 12.9. The predicted molar refractivity (Wildman–Crippen MR) is 91.8 cm³/mol. The molecule has 0 amide bonds. The van der Waals surface area contributed by atoms with E-state index in [1.165, 1.54) is 6.21 Å². The molecule has 0 saturated heterocycles. The molecule has 2 N–H and O–H groups in total. The molecule has 118 valence electrons. The summed E-state index contributed by atoms with van der Waals surface area (Å²) < 4.78 is 5.10. The van der Waals surface area contributed by atoms with Gasteiger partial charge < -0.3 is 4.74 Å². The Balaban J connectivity index is 1.93. The normalized spacial score (nSPS) is 10.7. The van der Waals surface area contributed by atoms with E-state index in [9.17, 15) is 4.79 Å². The molecule has 6 heteroatoms. The summed E-state index contributed by atoms with van der Waals surface area (Å²) >= 11 is 0. The van der Waals surface area contributed by atoms with E-state index in [-0.39, 0.29) is 5.56 Å². The first-order valence-electron chi connectivity index (χ1n) is 7.20. The molecule has 0 aliphatic carbocycles. The summed E-state index contributed by atoms with van der Waals surface area (Å²) in [6.45, 7) is 0. The molecule has 0 aliphatic heterocycles. The molecule has 24 heavy (non-hydrogen) atoms. The molecule has 1 aromatic heterocycles. The minimum absolute atomic E-state index is 0.258. The van der Waals surface area contributed by atoms with E-state index in [2.05, 4.69) is 21.3 Å². The Kier molecular flexibility index (Phi) is 4.25. The Hall–Kier alpha value is -3.59. The van der Waals surface area contributed by atoms with Gasteiger partial charge in [-0.15, -0.1) is 0 Å². The van der Waals surface area contributed by atoms with Crippen LogP contribution in [-0.4, -0.2) is 23.5 Å². The number of nitrogens with zero attached hydrogens (tertiary/aromatic N) is 2. The third kappa shape index (κ3) is 3.10. The molecule has 0 fully saturated rings. The Morgan fingerprint density at radius 3 is 2.42 bits per heavy atom. The first kappa shape index (κ1) is 15.3. The van der Waals surface area contributed by atoms with E-state index < -0.39 is 0 Å². The summed E-state index contributed by atoms with van der Waals surface area (Å²) in [4.78, 5) is 16.3. The largest absolute Gasteiger partial charge is 0.497 e. The van der Waals surface area contributed by atoms with Gasteiger partial charge in [-0.25, -0.2) is 0 Å². The van der Waals surface area contributed by atoms with Crippen molar-refractivity contribution >= 4 is 11.9 Å². The highest BCUT2D eigenvalue weighted by molar-refractivity contribution is 5.89. The maximum atomic E-state index is 12.0. The summed E-state index contributed by atoms with van der Waals surface area (Å²) in [6, 6.07) is 16.2. The Labute approximate surface area is 138 Å². The first-order chi connectivity index (χ1) is 11.7. The van der Waals surface area contributed by atoms with Gasteiger partial charge in [0.05, 0.1) is 35.7 Å². The second-order valence-electron chi connectivity index (χ2n) is 5.01. The van der Waals surface area contributed by atoms with Crippen molar-refractivity contribution in [2.24, 2.45) is 4.99 Å². The van der Waals surface area contributed by atoms with Crippen LogP contribution >= 0.6 is 0 Å². The van der Waals surface area contributed by atoms with E-state index in [4.69, 9.17) is 10.00 Å². The Morgan fingerprint density at radius 1 is 1.08 bits per heavy atom. The maximum absolute atomic E-state index is 12.0. The maximum Gasteiger partial charge on any atom is 0.273 e. The number of aromatic nitrogens is 2. The molecule has 0 radical (unpaired) electrons. The van der Waals surface area contributed by atoms with Crippen LogP contribution in [0.2, 0.25) is 0 Å². The average Bonchev–Trinajstić information content (AvgIpc) is 3.01. The van der Waals surface area contributed by atoms with Crippen molar-refractivity contribution in [2.45, 2.75) is 0 Å². The van der Waals surface area contributed by atoms with Crippen molar-refractivity contribution in [3.05, 3.63) is 70.0 Å². The number of H-pyrrole nitrogens is 2. The van der Waals surface area contributed by atoms with Crippen molar-refractivity contribution in [1.82, 2.24) is 10.2 Å². The fraction of sp³-hybridized carbons (Fsp3) is 0.0556. The standard InChI is InChI=1S/C18H14N4O2/c1-24-15-8-6-14(7-9-15)20-11-16-17(21-22-18(16)23)13-4-2-12(10-19)3-5-13/h2-9,11H,1H3,(H2,21,22,23). The van der Waals surface area contributed by atoms with E-state index in [0.29, 0.717) is 22.5 Å². The van der Waals surface area contributed by atoms with Gasteiger partial charge in [-0.3, -0.25) is 20.0 Å². The molecule has 0 spiro atoms.